The molecule has 1 rings (SSSR count). The van der Waals surface area contributed by atoms with Gasteiger partial charge < -0.3 is 10.1 Å². The van der Waals surface area contributed by atoms with E-state index in [1.165, 1.54) is 5.56 Å². The molecule has 1 aromatic rings. The fourth-order valence-electron chi connectivity index (χ4n) is 2.51. The Morgan fingerprint density at radius 3 is 2.00 bits per heavy atom. The number of hydrogen-bond acceptors (Lipinski definition) is 3. The zero-order chi connectivity index (χ0) is 15.8. The third-order valence-electron chi connectivity index (χ3n) is 3.50. The number of benzene rings is 1. The Kier molecular flexibility index (Phi) is 7.76. The van der Waals surface area contributed by atoms with Crippen molar-refractivity contribution >= 4 is 0 Å². The number of nitrogens with zero attached hydrogens (tertiary/aromatic N) is 1. The van der Waals surface area contributed by atoms with Crippen LogP contribution in [0.25, 0.3) is 0 Å². The van der Waals surface area contributed by atoms with Crippen LogP contribution in [0.15, 0.2) is 24.3 Å². The molecular weight excluding hydrogens is 260 g/mol. The van der Waals surface area contributed by atoms with Crippen LogP contribution in [0.5, 0.6) is 5.75 Å². The van der Waals surface area contributed by atoms with Crippen molar-refractivity contribution in [2.24, 2.45) is 0 Å². The molecule has 0 fully saturated rings. The summed E-state index contributed by atoms with van der Waals surface area (Å²) in [4.78, 5) is 2.51. The molecule has 0 aliphatic rings. The molecule has 1 aromatic carbocycles. The average molecular weight is 292 g/mol. The van der Waals surface area contributed by atoms with E-state index >= 15 is 0 Å². The van der Waals surface area contributed by atoms with Gasteiger partial charge in [0, 0.05) is 31.7 Å². The standard InChI is InChI=1S/C18H32N2O/c1-14(2)20(15(3)4)12-11-19-13-17-7-9-18(10-8-17)21-16(5)6/h7-10,14-16,19H,11-13H2,1-6H3. The van der Waals surface area contributed by atoms with Crippen molar-refractivity contribution in [3.8, 4) is 5.75 Å². The highest BCUT2D eigenvalue weighted by Crippen LogP contribution is 2.13. The number of ether oxygens (including phenoxy) is 1. The third kappa shape index (κ3) is 6.96. The summed E-state index contributed by atoms with van der Waals surface area (Å²) in [5.41, 5.74) is 1.30. The summed E-state index contributed by atoms with van der Waals surface area (Å²) in [5, 5.41) is 3.52. The van der Waals surface area contributed by atoms with E-state index in [0.29, 0.717) is 12.1 Å². The molecule has 0 amide bonds. The molecule has 1 N–H and O–H groups in total. The first kappa shape index (κ1) is 18.0. The van der Waals surface area contributed by atoms with Gasteiger partial charge in [-0.25, -0.2) is 0 Å². The molecule has 0 bridgehead atoms. The molecule has 0 aromatic heterocycles. The van der Waals surface area contributed by atoms with Crippen LogP contribution < -0.4 is 10.1 Å². The quantitative estimate of drug-likeness (QED) is 0.703. The zero-order valence-electron chi connectivity index (χ0n) is 14.5. The Morgan fingerprint density at radius 1 is 0.952 bits per heavy atom. The second-order valence-electron chi connectivity index (χ2n) is 6.41. The van der Waals surface area contributed by atoms with Crippen LogP contribution in [-0.2, 0) is 6.54 Å². The second kappa shape index (κ2) is 9.06. The molecule has 0 heterocycles. The number of rotatable bonds is 9. The SMILES string of the molecule is CC(C)Oc1ccc(CNCCN(C(C)C)C(C)C)cc1. The van der Waals surface area contributed by atoms with E-state index in [9.17, 15) is 0 Å². The van der Waals surface area contributed by atoms with Gasteiger partial charge in [0.1, 0.15) is 5.75 Å². The molecule has 0 atom stereocenters. The van der Waals surface area contributed by atoms with E-state index in [4.69, 9.17) is 4.74 Å². The second-order valence-corrected chi connectivity index (χ2v) is 6.41. The van der Waals surface area contributed by atoms with E-state index in [1.807, 2.05) is 26.0 Å². The largest absolute Gasteiger partial charge is 0.491 e. The molecule has 3 nitrogen and oxygen atoms in total. The van der Waals surface area contributed by atoms with Gasteiger partial charge in [-0.1, -0.05) is 12.1 Å². The summed E-state index contributed by atoms with van der Waals surface area (Å²) in [6.45, 7) is 16.1. The molecule has 0 saturated carbocycles. The Balaban J connectivity index is 2.32. The minimum absolute atomic E-state index is 0.229. The van der Waals surface area contributed by atoms with Gasteiger partial charge in [-0.15, -0.1) is 0 Å². The average Bonchev–Trinajstić information content (AvgIpc) is 2.38. The Morgan fingerprint density at radius 2 is 1.52 bits per heavy atom. The highest BCUT2D eigenvalue weighted by molar-refractivity contribution is 5.27. The fourth-order valence-corrected chi connectivity index (χ4v) is 2.51. The van der Waals surface area contributed by atoms with Gasteiger partial charge in [0.25, 0.3) is 0 Å². The summed E-state index contributed by atoms with van der Waals surface area (Å²) in [6.07, 6.45) is 0.229. The van der Waals surface area contributed by atoms with Crippen molar-refractivity contribution < 1.29 is 4.74 Å². The zero-order valence-corrected chi connectivity index (χ0v) is 14.5. The highest BCUT2D eigenvalue weighted by atomic mass is 16.5. The lowest BCUT2D eigenvalue weighted by Gasteiger charge is -2.30. The predicted octanol–water partition coefficient (Wildman–Crippen LogP) is 3.68. The summed E-state index contributed by atoms with van der Waals surface area (Å²) in [6, 6.07) is 9.55. The monoisotopic (exact) mass is 292 g/mol. The lowest BCUT2D eigenvalue weighted by atomic mass is 10.2. The van der Waals surface area contributed by atoms with Gasteiger partial charge in [-0.05, 0) is 59.2 Å². The van der Waals surface area contributed by atoms with Crippen LogP contribution in [0.2, 0.25) is 0 Å². The molecule has 0 saturated heterocycles. The molecule has 0 aliphatic carbocycles. The van der Waals surface area contributed by atoms with Gasteiger partial charge in [-0.3, -0.25) is 4.90 Å². The van der Waals surface area contributed by atoms with E-state index < -0.39 is 0 Å². The molecule has 0 spiro atoms. The Bertz CT molecular complexity index is 377. The first-order valence-electron chi connectivity index (χ1n) is 8.12. The highest BCUT2D eigenvalue weighted by Gasteiger charge is 2.11. The van der Waals surface area contributed by atoms with Crippen molar-refractivity contribution in [2.45, 2.75) is 66.3 Å². The number of nitrogens with one attached hydrogen (secondary N) is 1. The minimum Gasteiger partial charge on any atom is -0.491 e. The van der Waals surface area contributed by atoms with Crippen molar-refractivity contribution in [1.29, 1.82) is 0 Å². The lowest BCUT2D eigenvalue weighted by Crippen LogP contribution is -2.41. The van der Waals surface area contributed by atoms with E-state index in [-0.39, 0.29) is 6.10 Å². The normalized spacial score (nSPS) is 11.9. The predicted molar refractivity (Wildman–Crippen MR) is 90.9 cm³/mol. The summed E-state index contributed by atoms with van der Waals surface area (Å²) < 4.78 is 5.65. The van der Waals surface area contributed by atoms with Crippen molar-refractivity contribution in [1.82, 2.24) is 10.2 Å². The first-order chi connectivity index (χ1) is 9.90. The van der Waals surface area contributed by atoms with E-state index in [1.54, 1.807) is 0 Å². The van der Waals surface area contributed by atoms with Crippen LogP contribution >= 0.6 is 0 Å². The van der Waals surface area contributed by atoms with Crippen LogP contribution in [0.3, 0.4) is 0 Å². The molecule has 0 aliphatic heterocycles. The van der Waals surface area contributed by atoms with Crippen LogP contribution in [0.4, 0.5) is 0 Å². The van der Waals surface area contributed by atoms with Gasteiger partial charge in [0.2, 0.25) is 0 Å². The van der Waals surface area contributed by atoms with Crippen molar-refractivity contribution in [3.05, 3.63) is 29.8 Å². The summed E-state index contributed by atoms with van der Waals surface area (Å²) in [7, 11) is 0. The molecule has 0 unspecified atom stereocenters. The molecule has 21 heavy (non-hydrogen) atoms. The maximum absolute atomic E-state index is 5.65. The topological polar surface area (TPSA) is 24.5 Å². The van der Waals surface area contributed by atoms with Crippen LogP contribution in [-0.4, -0.2) is 36.2 Å². The van der Waals surface area contributed by atoms with Crippen molar-refractivity contribution in [2.75, 3.05) is 13.1 Å². The van der Waals surface area contributed by atoms with Gasteiger partial charge in [-0.2, -0.15) is 0 Å². The molecule has 0 radical (unpaired) electrons. The van der Waals surface area contributed by atoms with Gasteiger partial charge >= 0.3 is 0 Å². The maximum atomic E-state index is 5.65. The van der Waals surface area contributed by atoms with Crippen LogP contribution in [0.1, 0.15) is 47.1 Å². The van der Waals surface area contributed by atoms with E-state index in [2.05, 4.69) is 50.0 Å². The summed E-state index contributed by atoms with van der Waals surface area (Å²) in [5.74, 6) is 0.944. The van der Waals surface area contributed by atoms with Gasteiger partial charge in [0.05, 0.1) is 6.10 Å². The van der Waals surface area contributed by atoms with Crippen molar-refractivity contribution in [3.63, 3.8) is 0 Å². The Hall–Kier alpha value is -1.06. The molecular formula is C18H32N2O. The number of hydrogen-bond donors (Lipinski definition) is 1. The third-order valence-corrected chi connectivity index (χ3v) is 3.50. The smallest absolute Gasteiger partial charge is 0.119 e. The van der Waals surface area contributed by atoms with E-state index in [0.717, 1.165) is 25.4 Å². The first-order valence-corrected chi connectivity index (χ1v) is 8.12. The molecule has 120 valence electrons. The maximum Gasteiger partial charge on any atom is 0.119 e. The Labute approximate surface area is 130 Å². The fraction of sp³-hybridized carbons (Fsp3) is 0.667. The van der Waals surface area contributed by atoms with Crippen LogP contribution in [0, 0.1) is 0 Å². The minimum atomic E-state index is 0.229. The lowest BCUT2D eigenvalue weighted by molar-refractivity contribution is 0.176. The summed E-state index contributed by atoms with van der Waals surface area (Å²) >= 11 is 0. The van der Waals surface area contributed by atoms with Gasteiger partial charge in [0.15, 0.2) is 0 Å². The molecule has 3 heteroatoms.